The number of ether oxygens (including phenoxy) is 2. The molecule has 152 valence electrons. The fourth-order valence-electron chi connectivity index (χ4n) is 4.62. The van der Waals surface area contributed by atoms with Crippen molar-refractivity contribution in [2.24, 2.45) is 5.92 Å². The predicted molar refractivity (Wildman–Crippen MR) is 114 cm³/mol. The number of carbonyl (C=O) groups is 1. The van der Waals surface area contributed by atoms with Crippen molar-refractivity contribution in [3.05, 3.63) is 71.8 Å². The molecule has 2 unspecified atom stereocenters. The van der Waals surface area contributed by atoms with Gasteiger partial charge in [-0.3, -0.25) is 15.4 Å². The highest BCUT2D eigenvalue weighted by atomic mass is 16.5. The van der Waals surface area contributed by atoms with E-state index in [1.807, 2.05) is 25.1 Å². The smallest absolute Gasteiger partial charge is 0.313 e. The summed E-state index contributed by atoms with van der Waals surface area (Å²) in [6, 6.07) is 18.4. The van der Waals surface area contributed by atoms with Crippen LogP contribution in [0.2, 0.25) is 0 Å². The Kier molecular flexibility index (Phi) is 5.69. The molecule has 1 aliphatic heterocycles. The molecule has 1 spiro atoms. The van der Waals surface area contributed by atoms with Crippen molar-refractivity contribution in [3.8, 4) is 5.75 Å². The minimum atomic E-state index is -0.611. The SMILES string of the molecule is CCOC(=O)C1C(c2ccc(OC)cc2)CC(c2ccccc2)=CC12NCCN2. The first kappa shape index (κ1) is 19.7. The number of methoxy groups -OCH3 is 1. The van der Waals surface area contributed by atoms with Crippen LogP contribution in [-0.2, 0) is 9.53 Å². The van der Waals surface area contributed by atoms with E-state index in [0.29, 0.717) is 6.61 Å². The van der Waals surface area contributed by atoms with E-state index < -0.39 is 5.66 Å². The third kappa shape index (κ3) is 3.80. The zero-order chi connectivity index (χ0) is 20.3. The van der Waals surface area contributed by atoms with Crippen LogP contribution in [0.5, 0.6) is 5.75 Å². The Balaban J connectivity index is 1.81. The highest BCUT2D eigenvalue weighted by Crippen LogP contribution is 2.46. The Morgan fingerprint density at radius 1 is 1.07 bits per heavy atom. The van der Waals surface area contributed by atoms with Crippen LogP contribution in [0.15, 0.2) is 60.7 Å². The van der Waals surface area contributed by atoms with Crippen LogP contribution in [0, 0.1) is 5.92 Å². The van der Waals surface area contributed by atoms with Gasteiger partial charge in [0.2, 0.25) is 0 Å². The van der Waals surface area contributed by atoms with Gasteiger partial charge in [-0.25, -0.2) is 0 Å². The van der Waals surface area contributed by atoms with Gasteiger partial charge in [-0.05, 0) is 48.3 Å². The molecular formula is C24H28N2O3. The van der Waals surface area contributed by atoms with Crippen LogP contribution in [0.3, 0.4) is 0 Å². The lowest BCUT2D eigenvalue weighted by Crippen LogP contribution is -2.60. The van der Waals surface area contributed by atoms with Gasteiger partial charge >= 0.3 is 5.97 Å². The van der Waals surface area contributed by atoms with Gasteiger partial charge in [-0.2, -0.15) is 0 Å². The lowest BCUT2D eigenvalue weighted by molar-refractivity contribution is -0.151. The van der Waals surface area contributed by atoms with E-state index in [4.69, 9.17) is 9.47 Å². The quantitative estimate of drug-likeness (QED) is 0.765. The van der Waals surface area contributed by atoms with Gasteiger partial charge in [0, 0.05) is 19.0 Å². The summed E-state index contributed by atoms with van der Waals surface area (Å²) in [5.74, 6) is 0.269. The largest absolute Gasteiger partial charge is 0.497 e. The fraction of sp³-hybridized carbons (Fsp3) is 0.375. The molecular weight excluding hydrogens is 364 g/mol. The van der Waals surface area contributed by atoms with Gasteiger partial charge in [0.05, 0.1) is 19.6 Å². The summed E-state index contributed by atoms with van der Waals surface area (Å²) in [7, 11) is 1.66. The van der Waals surface area contributed by atoms with Crippen LogP contribution >= 0.6 is 0 Å². The van der Waals surface area contributed by atoms with Gasteiger partial charge < -0.3 is 9.47 Å². The van der Waals surface area contributed by atoms with Gasteiger partial charge in [0.1, 0.15) is 11.4 Å². The summed E-state index contributed by atoms with van der Waals surface area (Å²) >= 11 is 0. The normalized spacial score (nSPS) is 22.9. The second kappa shape index (κ2) is 8.39. The van der Waals surface area contributed by atoms with E-state index in [0.717, 1.165) is 30.8 Å². The summed E-state index contributed by atoms with van der Waals surface area (Å²) < 4.78 is 10.9. The molecule has 2 aromatic rings. The van der Waals surface area contributed by atoms with Crippen LogP contribution in [-0.4, -0.2) is 38.4 Å². The number of rotatable bonds is 5. The summed E-state index contributed by atoms with van der Waals surface area (Å²) in [5.41, 5.74) is 2.91. The highest BCUT2D eigenvalue weighted by Gasteiger charge is 2.51. The Hall–Kier alpha value is -2.63. The van der Waals surface area contributed by atoms with Crippen LogP contribution in [0.4, 0.5) is 0 Å². The van der Waals surface area contributed by atoms with Crippen LogP contribution in [0.1, 0.15) is 30.4 Å². The van der Waals surface area contributed by atoms with Crippen molar-refractivity contribution in [2.75, 3.05) is 26.8 Å². The Morgan fingerprint density at radius 2 is 1.76 bits per heavy atom. The first-order chi connectivity index (χ1) is 14.2. The van der Waals surface area contributed by atoms with Crippen LogP contribution < -0.4 is 15.4 Å². The summed E-state index contributed by atoms with van der Waals surface area (Å²) in [5, 5.41) is 7.14. The zero-order valence-corrected chi connectivity index (χ0v) is 17.0. The summed E-state index contributed by atoms with van der Waals surface area (Å²) in [6.45, 7) is 3.85. The molecule has 5 heteroatoms. The van der Waals surface area contributed by atoms with E-state index in [-0.39, 0.29) is 17.8 Å². The van der Waals surface area contributed by atoms with E-state index >= 15 is 0 Å². The molecule has 4 rings (SSSR count). The summed E-state index contributed by atoms with van der Waals surface area (Å²) in [4.78, 5) is 13.2. The number of hydrogen-bond donors (Lipinski definition) is 2. The first-order valence-electron chi connectivity index (χ1n) is 10.2. The number of carbonyl (C=O) groups excluding carboxylic acids is 1. The monoisotopic (exact) mass is 392 g/mol. The van der Waals surface area contributed by atoms with Crippen molar-refractivity contribution < 1.29 is 14.3 Å². The molecule has 0 amide bonds. The average molecular weight is 392 g/mol. The molecule has 5 nitrogen and oxygen atoms in total. The number of allylic oxidation sites excluding steroid dienone is 1. The molecule has 2 aromatic carbocycles. The standard InChI is InChI=1S/C24H28N2O3/c1-3-29-23(27)22-21(18-9-11-20(28-2)12-10-18)15-19(17-7-5-4-6-8-17)16-24(22)25-13-14-26-24/h4-12,16,21-22,25-26H,3,13-15H2,1-2H3. The van der Waals surface area contributed by atoms with Crippen molar-refractivity contribution in [2.45, 2.75) is 24.9 Å². The second-order valence-electron chi connectivity index (χ2n) is 7.57. The third-order valence-electron chi connectivity index (χ3n) is 5.92. The van der Waals surface area contributed by atoms with Gasteiger partial charge in [0.15, 0.2) is 0 Å². The number of esters is 1. The Bertz CT molecular complexity index is 871. The number of hydrogen-bond acceptors (Lipinski definition) is 5. The van der Waals surface area contributed by atoms with Gasteiger partial charge in [0.25, 0.3) is 0 Å². The van der Waals surface area contributed by atoms with E-state index in [9.17, 15) is 4.79 Å². The van der Waals surface area contributed by atoms with Crippen molar-refractivity contribution in [3.63, 3.8) is 0 Å². The molecule has 0 radical (unpaired) electrons. The molecule has 29 heavy (non-hydrogen) atoms. The van der Waals surface area contributed by atoms with E-state index in [1.165, 1.54) is 11.1 Å². The molecule has 0 aromatic heterocycles. The summed E-state index contributed by atoms with van der Waals surface area (Å²) in [6.07, 6.45) is 2.97. The zero-order valence-electron chi connectivity index (χ0n) is 17.0. The Labute approximate surface area is 172 Å². The minimum Gasteiger partial charge on any atom is -0.497 e. The minimum absolute atomic E-state index is 0.0155. The Morgan fingerprint density at radius 3 is 2.38 bits per heavy atom. The molecule has 1 fully saturated rings. The third-order valence-corrected chi connectivity index (χ3v) is 5.92. The van der Waals surface area contributed by atoms with Crippen LogP contribution in [0.25, 0.3) is 5.57 Å². The first-order valence-corrected chi connectivity index (χ1v) is 10.2. The topological polar surface area (TPSA) is 59.6 Å². The predicted octanol–water partition coefficient (Wildman–Crippen LogP) is 3.33. The average Bonchev–Trinajstić information content (AvgIpc) is 3.22. The van der Waals surface area contributed by atoms with E-state index in [2.05, 4.69) is 53.1 Å². The maximum Gasteiger partial charge on any atom is 0.313 e. The molecule has 0 bridgehead atoms. The van der Waals surface area contributed by atoms with Gasteiger partial charge in [-0.1, -0.05) is 42.5 Å². The number of nitrogens with one attached hydrogen (secondary N) is 2. The molecule has 2 atom stereocenters. The van der Waals surface area contributed by atoms with Gasteiger partial charge in [-0.15, -0.1) is 0 Å². The molecule has 1 heterocycles. The fourth-order valence-corrected chi connectivity index (χ4v) is 4.62. The maximum atomic E-state index is 13.2. The van der Waals surface area contributed by atoms with Crippen molar-refractivity contribution in [1.82, 2.24) is 10.6 Å². The maximum absolute atomic E-state index is 13.2. The highest BCUT2D eigenvalue weighted by molar-refractivity contribution is 5.80. The van der Waals surface area contributed by atoms with E-state index in [1.54, 1.807) is 7.11 Å². The molecule has 1 aliphatic carbocycles. The lowest BCUT2D eigenvalue weighted by atomic mass is 9.69. The second-order valence-corrected chi connectivity index (χ2v) is 7.57. The molecule has 0 saturated carbocycles. The molecule has 1 saturated heterocycles. The number of benzene rings is 2. The lowest BCUT2D eigenvalue weighted by Gasteiger charge is -2.43. The van der Waals surface area contributed by atoms with Crippen molar-refractivity contribution >= 4 is 11.5 Å². The molecule has 2 N–H and O–H groups in total. The molecule has 2 aliphatic rings. The van der Waals surface area contributed by atoms with Crippen molar-refractivity contribution in [1.29, 1.82) is 0 Å².